The van der Waals surface area contributed by atoms with Gasteiger partial charge in [0.2, 0.25) is 0 Å². The molecule has 0 aromatic carbocycles. The number of ether oxygens (including phenoxy) is 1. The van der Waals surface area contributed by atoms with Gasteiger partial charge in [0.25, 0.3) is 0 Å². The van der Waals surface area contributed by atoms with Gasteiger partial charge in [-0.15, -0.1) is 0 Å². The third-order valence-corrected chi connectivity index (χ3v) is 6.25. The SMILES string of the molecule is CCCCCN(CCCCC)C1=CC2C(C=C1)COC1C=CCC(O)C12. The van der Waals surface area contributed by atoms with Gasteiger partial charge in [0.1, 0.15) is 0 Å². The van der Waals surface area contributed by atoms with Gasteiger partial charge < -0.3 is 14.7 Å². The minimum Gasteiger partial charge on any atom is -0.392 e. The lowest BCUT2D eigenvalue weighted by atomic mass is 9.69. The molecule has 3 rings (SSSR count). The molecule has 2 aliphatic carbocycles. The number of aliphatic hydroxyl groups excluding tert-OH is 1. The van der Waals surface area contributed by atoms with Gasteiger partial charge in [0.15, 0.2) is 0 Å². The Hall–Kier alpha value is -1.06. The molecule has 26 heavy (non-hydrogen) atoms. The topological polar surface area (TPSA) is 32.7 Å². The molecule has 1 saturated heterocycles. The first-order valence-corrected chi connectivity index (χ1v) is 10.9. The van der Waals surface area contributed by atoms with Crippen molar-refractivity contribution in [2.24, 2.45) is 17.8 Å². The zero-order valence-electron chi connectivity index (χ0n) is 16.6. The predicted molar refractivity (Wildman–Crippen MR) is 108 cm³/mol. The van der Waals surface area contributed by atoms with Crippen LogP contribution in [0.3, 0.4) is 0 Å². The normalized spacial score (nSPS) is 32.7. The highest BCUT2D eigenvalue weighted by Crippen LogP contribution is 2.42. The molecular formula is C23H37NO2. The Morgan fingerprint density at radius 1 is 1.08 bits per heavy atom. The molecule has 0 bridgehead atoms. The quantitative estimate of drug-likeness (QED) is 0.479. The van der Waals surface area contributed by atoms with Gasteiger partial charge in [-0.25, -0.2) is 0 Å². The fourth-order valence-electron chi connectivity index (χ4n) is 4.70. The molecule has 146 valence electrons. The van der Waals surface area contributed by atoms with Crippen molar-refractivity contribution in [2.45, 2.75) is 71.0 Å². The van der Waals surface area contributed by atoms with E-state index < -0.39 is 0 Å². The van der Waals surface area contributed by atoms with Crippen LogP contribution in [-0.4, -0.2) is 41.9 Å². The van der Waals surface area contributed by atoms with E-state index in [4.69, 9.17) is 4.74 Å². The number of fused-ring (bicyclic) bond motifs is 3. The first kappa shape index (κ1) is 19.7. The largest absolute Gasteiger partial charge is 0.392 e. The Kier molecular flexibility index (Phi) is 7.39. The van der Waals surface area contributed by atoms with Gasteiger partial charge in [-0.3, -0.25) is 0 Å². The fraction of sp³-hybridized carbons (Fsp3) is 0.739. The number of nitrogens with zero attached hydrogens (tertiary/aromatic N) is 1. The van der Waals surface area contributed by atoms with Gasteiger partial charge in [-0.2, -0.15) is 0 Å². The lowest BCUT2D eigenvalue weighted by Gasteiger charge is -2.45. The third kappa shape index (κ3) is 4.61. The van der Waals surface area contributed by atoms with E-state index in [1.54, 1.807) is 0 Å². The molecule has 0 aromatic rings. The Morgan fingerprint density at radius 3 is 2.50 bits per heavy atom. The molecule has 3 nitrogen and oxygen atoms in total. The number of rotatable bonds is 9. The molecule has 1 N–H and O–H groups in total. The van der Waals surface area contributed by atoms with Crippen LogP contribution in [-0.2, 0) is 4.74 Å². The van der Waals surface area contributed by atoms with Crippen molar-refractivity contribution < 1.29 is 9.84 Å². The fourth-order valence-corrected chi connectivity index (χ4v) is 4.70. The summed E-state index contributed by atoms with van der Waals surface area (Å²) in [6.45, 7) is 7.61. The summed E-state index contributed by atoms with van der Waals surface area (Å²) >= 11 is 0. The van der Waals surface area contributed by atoms with Gasteiger partial charge in [0, 0.05) is 30.6 Å². The van der Waals surface area contributed by atoms with E-state index in [9.17, 15) is 5.11 Å². The highest BCUT2D eigenvalue weighted by Gasteiger charge is 2.43. The Labute approximate surface area is 159 Å². The number of hydrogen-bond acceptors (Lipinski definition) is 3. The van der Waals surface area contributed by atoms with E-state index in [2.05, 4.69) is 49.1 Å². The van der Waals surface area contributed by atoms with Gasteiger partial charge in [-0.05, 0) is 31.3 Å². The predicted octanol–water partition coefficient (Wildman–Crippen LogP) is 4.69. The molecule has 0 aromatic heterocycles. The summed E-state index contributed by atoms with van der Waals surface area (Å²) in [5, 5.41) is 10.6. The van der Waals surface area contributed by atoms with Gasteiger partial charge in [-0.1, -0.05) is 63.8 Å². The molecule has 5 atom stereocenters. The monoisotopic (exact) mass is 359 g/mol. The van der Waals surface area contributed by atoms with Crippen molar-refractivity contribution in [2.75, 3.05) is 19.7 Å². The Bertz CT molecular complexity index is 514. The van der Waals surface area contributed by atoms with Crippen molar-refractivity contribution in [1.29, 1.82) is 0 Å². The minimum atomic E-state index is -0.282. The second-order valence-corrected chi connectivity index (χ2v) is 8.20. The average Bonchev–Trinajstić information content (AvgIpc) is 2.66. The zero-order valence-corrected chi connectivity index (χ0v) is 16.6. The molecule has 1 aliphatic heterocycles. The van der Waals surface area contributed by atoms with Crippen molar-refractivity contribution in [3.05, 3.63) is 36.1 Å². The summed E-state index contributed by atoms with van der Waals surface area (Å²) in [5.41, 5.74) is 1.38. The molecule has 0 radical (unpaired) electrons. The first-order chi connectivity index (χ1) is 12.7. The smallest absolute Gasteiger partial charge is 0.0814 e. The summed E-state index contributed by atoms with van der Waals surface area (Å²) < 4.78 is 6.04. The van der Waals surface area contributed by atoms with E-state index >= 15 is 0 Å². The Balaban J connectivity index is 1.74. The molecule has 5 unspecified atom stereocenters. The summed E-state index contributed by atoms with van der Waals surface area (Å²) in [6, 6.07) is 0. The maximum absolute atomic E-state index is 10.6. The van der Waals surface area contributed by atoms with E-state index in [0.29, 0.717) is 11.8 Å². The van der Waals surface area contributed by atoms with Crippen LogP contribution in [0.4, 0.5) is 0 Å². The van der Waals surface area contributed by atoms with E-state index in [1.807, 2.05) is 0 Å². The molecule has 1 fully saturated rings. The third-order valence-electron chi connectivity index (χ3n) is 6.25. The van der Waals surface area contributed by atoms with E-state index in [0.717, 1.165) is 26.1 Å². The molecule has 0 saturated carbocycles. The summed E-state index contributed by atoms with van der Waals surface area (Å²) in [4.78, 5) is 2.59. The first-order valence-electron chi connectivity index (χ1n) is 10.9. The van der Waals surface area contributed by atoms with Crippen molar-refractivity contribution in [3.63, 3.8) is 0 Å². The van der Waals surface area contributed by atoms with Gasteiger partial charge >= 0.3 is 0 Å². The number of aliphatic hydroxyl groups is 1. The van der Waals surface area contributed by atoms with Crippen molar-refractivity contribution in [1.82, 2.24) is 4.90 Å². The van der Waals surface area contributed by atoms with Crippen LogP contribution in [0.1, 0.15) is 58.8 Å². The minimum absolute atomic E-state index is 0.0811. The van der Waals surface area contributed by atoms with Crippen LogP contribution in [0.5, 0.6) is 0 Å². The van der Waals surface area contributed by atoms with Crippen LogP contribution >= 0.6 is 0 Å². The lowest BCUT2D eigenvalue weighted by Crippen LogP contribution is -2.48. The van der Waals surface area contributed by atoms with E-state index in [-0.39, 0.29) is 18.1 Å². The second kappa shape index (κ2) is 9.75. The summed E-state index contributed by atoms with van der Waals surface area (Å²) in [7, 11) is 0. The van der Waals surface area contributed by atoms with Crippen LogP contribution in [0, 0.1) is 17.8 Å². The average molecular weight is 360 g/mol. The zero-order chi connectivity index (χ0) is 18.4. The standard InChI is InChI=1S/C23H37NO2/c1-3-5-7-14-24(15-8-6-4-2)19-13-12-18-17-26-22-11-9-10-21(25)23(22)20(18)16-19/h9,11-13,16,18,20-23,25H,3-8,10,14-15,17H2,1-2H3. The number of hydrogen-bond donors (Lipinski definition) is 1. The molecule has 3 heteroatoms. The summed E-state index contributed by atoms with van der Waals surface area (Å²) in [6.07, 6.45) is 19.6. The molecule has 3 aliphatic rings. The highest BCUT2D eigenvalue weighted by molar-refractivity contribution is 5.28. The molecule has 1 heterocycles. The van der Waals surface area contributed by atoms with E-state index in [1.165, 1.54) is 44.2 Å². The molecular weight excluding hydrogens is 322 g/mol. The van der Waals surface area contributed by atoms with Crippen molar-refractivity contribution >= 4 is 0 Å². The number of allylic oxidation sites excluding steroid dienone is 2. The molecule has 0 amide bonds. The van der Waals surface area contributed by atoms with Crippen molar-refractivity contribution in [3.8, 4) is 0 Å². The maximum atomic E-state index is 10.6. The van der Waals surface area contributed by atoms with Crippen LogP contribution in [0.25, 0.3) is 0 Å². The van der Waals surface area contributed by atoms with Gasteiger partial charge in [0.05, 0.1) is 18.8 Å². The summed E-state index contributed by atoms with van der Waals surface area (Å²) in [5.74, 6) is 1.01. The molecule has 0 spiro atoms. The Morgan fingerprint density at radius 2 is 1.81 bits per heavy atom. The maximum Gasteiger partial charge on any atom is 0.0814 e. The highest BCUT2D eigenvalue weighted by atomic mass is 16.5. The van der Waals surface area contributed by atoms with Crippen LogP contribution in [0.2, 0.25) is 0 Å². The lowest BCUT2D eigenvalue weighted by molar-refractivity contribution is -0.0920. The second-order valence-electron chi connectivity index (χ2n) is 8.20. The van der Waals surface area contributed by atoms with Crippen LogP contribution in [0.15, 0.2) is 36.1 Å². The number of unbranched alkanes of at least 4 members (excludes halogenated alkanes) is 4. The van der Waals surface area contributed by atoms with Crippen LogP contribution < -0.4 is 0 Å².